The van der Waals surface area contributed by atoms with Gasteiger partial charge in [-0.1, -0.05) is 32.0 Å². The van der Waals surface area contributed by atoms with Crippen LogP contribution in [0.4, 0.5) is 5.82 Å². The molecule has 2 N–H and O–H groups in total. The van der Waals surface area contributed by atoms with Crippen molar-refractivity contribution >= 4 is 36.1 Å². The van der Waals surface area contributed by atoms with E-state index in [1.165, 1.54) is 0 Å². The number of anilines is 1. The van der Waals surface area contributed by atoms with Crippen LogP contribution < -0.4 is 15.4 Å². The number of aromatic nitrogens is 1. The molecule has 1 aromatic heterocycles. The number of ether oxygens (including phenoxy) is 1. The molecule has 1 aliphatic heterocycles. The molecule has 2 aromatic rings. The predicted molar refractivity (Wildman–Crippen MR) is 129 cm³/mol. The fourth-order valence-corrected chi connectivity index (χ4v) is 3.49. The first-order valence-corrected chi connectivity index (χ1v) is 10.6. The minimum atomic E-state index is -0.112. The maximum Gasteiger partial charge on any atom is 0.246 e. The third kappa shape index (κ3) is 6.31. The first-order valence-electron chi connectivity index (χ1n) is 10.6. The van der Waals surface area contributed by atoms with E-state index in [9.17, 15) is 9.59 Å². The van der Waals surface area contributed by atoms with Gasteiger partial charge in [0.15, 0.2) is 0 Å². The number of nitrogens with zero attached hydrogens (tertiary/aromatic N) is 2. The maximum atomic E-state index is 12.7. The largest absolute Gasteiger partial charge is 0.493 e. The molecule has 8 heteroatoms. The lowest BCUT2D eigenvalue weighted by atomic mass is 9.99. The highest BCUT2D eigenvalue weighted by molar-refractivity contribution is 5.93. The molecule has 0 fully saturated rings. The summed E-state index contributed by atoms with van der Waals surface area (Å²) < 4.78 is 5.91. The summed E-state index contributed by atoms with van der Waals surface area (Å²) in [6, 6.07) is 8.01. The van der Waals surface area contributed by atoms with Gasteiger partial charge in [0.25, 0.3) is 0 Å². The van der Waals surface area contributed by atoms with Gasteiger partial charge in [0.1, 0.15) is 11.6 Å². The number of para-hydroxylation sites is 1. The van der Waals surface area contributed by atoms with Gasteiger partial charge in [-0.2, -0.15) is 0 Å². The summed E-state index contributed by atoms with van der Waals surface area (Å²) in [5.41, 5.74) is 3.83. The van der Waals surface area contributed by atoms with Gasteiger partial charge >= 0.3 is 0 Å². The number of hydrogen-bond donors (Lipinski definition) is 2. The first kappa shape index (κ1) is 25.4. The van der Waals surface area contributed by atoms with Crippen molar-refractivity contribution in [3.8, 4) is 5.75 Å². The standard InChI is InChI=1S/C24H30N4O3.ClH/c1-5-31-23-18(7-6-8-20(23)16(2)3)15-28(4)22(30)10-9-17-11-19-13-25-14-21(29)27-24(19)26-12-17;/h6-12,16,25H,5,13-15H2,1-4H3,(H,26,27,29);1H. The Labute approximate surface area is 195 Å². The van der Waals surface area contributed by atoms with Gasteiger partial charge < -0.3 is 20.3 Å². The van der Waals surface area contributed by atoms with Crippen LogP contribution in [0.3, 0.4) is 0 Å². The molecule has 1 aromatic carbocycles. The Morgan fingerprint density at radius 3 is 2.81 bits per heavy atom. The number of nitrogens with one attached hydrogen (secondary N) is 2. The van der Waals surface area contributed by atoms with Crippen molar-refractivity contribution in [2.75, 3.05) is 25.5 Å². The first-order chi connectivity index (χ1) is 14.9. The number of fused-ring (bicyclic) bond motifs is 1. The third-order valence-electron chi connectivity index (χ3n) is 5.09. The lowest BCUT2D eigenvalue weighted by Crippen LogP contribution is -2.24. The number of carbonyl (C=O) groups excluding carboxylic acids is 2. The van der Waals surface area contributed by atoms with Gasteiger partial charge in [-0.15, -0.1) is 12.4 Å². The fraction of sp³-hybridized carbons (Fsp3) is 0.375. The summed E-state index contributed by atoms with van der Waals surface area (Å²) in [6.45, 7) is 8.07. The third-order valence-corrected chi connectivity index (χ3v) is 5.09. The van der Waals surface area contributed by atoms with E-state index < -0.39 is 0 Å². The molecule has 3 rings (SSSR count). The Hall–Kier alpha value is -2.90. The Morgan fingerprint density at radius 1 is 1.31 bits per heavy atom. The van der Waals surface area contributed by atoms with E-state index in [1.54, 1.807) is 30.3 Å². The van der Waals surface area contributed by atoms with E-state index >= 15 is 0 Å². The highest BCUT2D eigenvalue weighted by Crippen LogP contribution is 2.31. The zero-order valence-electron chi connectivity index (χ0n) is 19.0. The minimum absolute atomic E-state index is 0. The molecular formula is C24H31ClN4O3. The molecule has 0 radical (unpaired) electrons. The summed E-state index contributed by atoms with van der Waals surface area (Å²) in [5, 5.41) is 5.82. The van der Waals surface area contributed by atoms with Crippen molar-refractivity contribution in [2.45, 2.75) is 39.8 Å². The molecule has 2 amide bonds. The molecular weight excluding hydrogens is 428 g/mol. The number of rotatable bonds is 7. The Balaban J connectivity index is 0.00000363. The second-order valence-electron chi connectivity index (χ2n) is 7.88. The number of pyridine rings is 1. The van der Waals surface area contributed by atoms with Crippen LogP contribution in [-0.2, 0) is 22.7 Å². The molecule has 7 nitrogen and oxygen atoms in total. The highest BCUT2D eigenvalue weighted by Gasteiger charge is 2.16. The van der Waals surface area contributed by atoms with E-state index in [0.29, 0.717) is 31.4 Å². The van der Waals surface area contributed by atoms with Crippen molar-refractivity contribution in [1.29, 1.82) is 0 Å². The summed E-state index contributed by atoms with van der Waals surface area (Å²) in [7, 11) is 1.78. The Morgan fingerprint density at radius 2 is 2.09 bits per heavy atom. The van der Waals surface area contributed by atoms with Gasteiger partial charge in [-0.05, 0) is 36.1 Å². The smallest absolute Gasteiger partial charge is 0.246 e. The summed E-state index contributed by atoms with van der Waals surface area (Å²) >= 11 is 0. The van der Waals surface area contributed by atoms with Gasteiger partial charge in [0, 0.05) is 43.5 Å². The van der Waals surface area contributed by atoms with Crippen molar-refractivity contribution in [3.63, 3.8) is 0 Å². The summed E-state index contributed by atoms with van der Waals surface area (Å²) in [5.74, 6) is 1.54. The number of amides is 2. The normalized spacial score (nSPS) is 13.2. The molecule has 0 saturated heterocycles. The number of halogens is 1. The summed E-state index contributed by atoms with van der Waals surface area (Å²) in [6.07, 6.45) is 4.93. The van der Waals surface area contributed by atoms with Gasteiger partial charge in [0.05, 0.1) is 13.2 Å². The molecule has 172 valence electrons. The van der Waals surface area contributed by atoms with Crippen LogP contribution in [0.1, 0.15) is 48.9 Å². The second-order valence-corrected chi connectivity index (χ2v) is 7.88. The van der Waals surface area contributed by atoms with E-state index in [1.807, 2.05) is 25.1 Å². The maximum absolute atomic E-state index is 12.7. The van der Waals surface area contributed by atoms with Gasteiger partial charge in [-0.3, -0.25) is 9.59 Å². The predicted octanol–water partition coefficient (Wildman–Crippen LogP) is 3.74. The molecule has 0 saturated carbocycles. The lowest BCUT2D eigenvalue weighted by Gasteiger charge is -2.21. The van der Waals surface area contributed by atoms with Crippen LogP contribution in [0.2, 0.25) is 0 Å². The number of hydrogen-bond acceptors (Lipinski definition) is 5. The van der Waals surface area contributed by atoms with Crippen LogP contribution in [-0.4, -0.2) is 41.9 Å². The van der Waals surface area contributed by atoms with Crippen LogP contribution in [0.5, 0.6) is 5.75 Å². The van der Waals surface area contributed by atoms with Crippen molar-refractivity contribution < 1.29 is 14.3 Å². The van der Waals surface area contributed by atoms with E-state index in [2.05, 4.69) is 35.5 Å². The highest BCUT2D eigenvalue weighted by atomic mass is 35.5. The second kappa shape index (κ2) is 11.6. The molecule has 0 spiro atoms. The lowest BCUT2D eigenvalue weighted by molar-refractivity contribution is -0.125. The topological polar surface area (TPSA) is 83.6 Å². The van der Waals surface area contributed by atoms with Crippen LogP contribution in [0, 0.1) is 0 Å². The zero-order chi connectivity index (χ0) is 22.4. The zero-order valence-corrected chi connectivity index (χ0v) is 19.8. The van der Waals surface area contributed by atoms with Crippen molar-refractivity contribution in [3.05, 3.63) is 58.8 Å². The van der Waals surface area contributed by atoms with Crippen LogP contribution in [0.25, 0.3) is 6.08 Å². The molecule has 0 atom stereocenters. The Kier molecular flexibility index (Phi) is 9.23. The number of benzene rings is 1. The minimum Gasteiger partial charge on any atom is -0.493 e. The molecule has 0 unspecified atom stereocenters. The van der Waals surface area contributed by atoms with E-state index in [-0.39, 0.29) is 30.8 Å². The monoisotopic (exact) mass is 458 g/mol. The number of likely N-dealkylation sites (N-methyl/N-ethyl adjacent to an activating group) is 1. The van der Waals surface area contributed by atoms with Crippen molar-refractivity contribution in [1.82, 2.24) is 15.2 Å². The summed E-state index contributed by atoms with van der Waals surface area (Å²) in [4.78, 5) is 30.3. The molecule has 2 heterocycles. The van der Waals surface area contributed by atoms with Gasteiger partial charge in [-0.25, -0.2) is 4.98 Å². The SMILES string of the molecule is CCOc1c(CN(C)C(=O)C=Cc2cnc3c(c2)CNCC(=O)N3)cccc1C(C)C.Cl. The van der Waals surface area contributed by atoms with E-state index in [4.69, 9.17) is 4.74 Å². The molecule has 32 heavy (non-hydrogen) atoms. The molecule has 0 bridgehead atoms. The van der Waals surface area contributed by atoms with Gasteiger partial charge in [0.2, 0.25) is 11.8 Å². The van der Waals surface area contributed by atoms with Crippen LogP contribution in [0.15, 0.2) is 36.5 Å². The molecule has 0 aliphatic carbocycles. The van der Waals surface area contributed by atoms with Crippen LogP contribution >= 0.6 is 12.4 Å². The van der Waals surface area contributed by atoms with E-state index in [0.717, 1.165) is 28.0 Å². The quantitative estimate of drug-likeness (QED) is 0.617. The average molecular weight is 459 g/mol. The van der Waals surface area contributed by atoms with Crippen molar-refractivity contribution in [2.24, 2.45) is 0 Å². The Bertz CT molecular complexity index is 991. The molecule has 1 aliphatic rings. The average Bonchev–Trinajstić information content (AvgIpc) is 2.93. The fourth-order valence-electron chi connectivity index (χ4n) is 3.49. The number of carbonyl (C=O) groups is 2.